The Morgan fingerprint density at radius 3 is 1.86 bits per heavy atom. The van der Waals surface area contributed by atoms with Gasteiger partial charge in [-0.05, 0) is 111 Å². The predicted octanol–water partition coefficient (Wildman–Crippen LogP) is -3.48. The molecule has 0 radical (unpaired) electrons. The number of fused-ring (bicyclic) bond motifs is 7. The molecule has 4 saturated carbocycles. The molecule has 87 heavy (non-hydrogen) atoms. The number of allylic oxidation sites excluding steroid dienone is 2. The fourth-order valence-electron chi connectivity index (χ4n) is 17.6. The van der Waals surface area contributed by atoms with E-state index in [4.69, 9.17) is 47.4 Å². The fourth-order valence-corrected chi connectivity index (χ4v) is 17.6. The van der Waals surface area contributed by atoms with Gasteiger partial charge in [-0.25, -0.2) is 4.79 Å². The van der Waals surface area contributed by atoms with E-state index in [-0.39, 0.29) is 40.6 Å². The molecule has 0 spiro atoms. The average Bonchev–Trinajstić information content (AvgIpc) is 0.699. The second-order valence-electron chi connectivity index (χ2n) is 28.5. The van der Waals surface area contributed by atoms with Crippen LogP contribution < -0.4 is 0 Å². The molecule has 33 atom stereocenters. The number of aliphatic hydroxyl groups is 15. The number of carbonyl (C=O) groups is 2. The van der Waals surface area contributed by atoms with Gasteiger partial charge in [-0.1, -0.05) is 53.2 Å². The molecule has 0 aromatic carbocycles. The smallest absolute Gasteiger partial charge is 0.335 e. The molecule has 28 heteroatoms. The minimum Gasteiger partial charge on any atom is -0.479 e. The maximum atomic E-state index is 15.2. The highest BCUT2D eigenvalue weighted by Crippen LogP contribution is 2.76. The van der Waals surface area contributed by atoms with E-state index in [9.17, 15) is 86.5 Å². The van der Waals surface area contributed by atoms with Crippen LogP contribution in [0.3, 0.4) is 0 Å². The molecule has 5 heterocycles. The number of aliphatic hydroxyl groups excluding tert-OH is 15. The summed E-state index contributed by atoms with van der Waals surface area (Å²) < 4.78 is 58.3. The quantitative estimate of drug-likeness (QED) is 0.0456. The van der Waals surface area contributed by atoms with Gasteiger partial charge in [-0.2, -0.15) is 0 Å². The van der Waals surface area contributed by atoms with Gasteiger partial charge in [-0.15, -0.1) is 0 Å². The van der Waals surface area contributed by atoms with Crippen molar-refractivity contribution in [3.8, 4) is 0 Å². The van der Waals surface area contributed by atoms with Crippen LogP contribution in [-0.2, 0) is 57.0 Å². The number of aliphatic carboxylic acids is 1. The Balaban J connectivity index is 0.821. The predicted molar refractivity (Wildman–Crippen MR) is 290 cm³/mol. The molecular formula is C59H94O28. The maximum Gasteiger partial charge on any atom is 0.335 e. The van der Waals surface area contributed by atoms with E-state index in [0.717, 1.165) is 12.0 Å². The third kappa shape index (κ3) is 11.4. The van der Waals surface area contributed by atoms with Gasteiger partial charge in [0.05, 0.1) is 44.1 Å². The van der Waals surface area contributed by atoms with Gasteiger partial charge >= 0.3 is 11.9 Å². The van der Waals surface area contributed by atoms with Crippen LogP contribution in [0.15, 0.2) is 11.6 Å². The Bertz CT molecular complexity index is 2470. The Morgan fingerprint density at radius 1 is 0.586 bits per heavy atom. The minimum atomic E-state index is -1.99. The van der Waals surface area contributed by atoms with Crippen LogP contribution in [0.1, 0.15) is 113 Å². The van der Waals surface area contributed by atoms with E-state index in [1.165, 1.54) is 6.92 Å². The molecule has 9 fully saturated rings. The number of carbonyl (C=O) groups excluding carboxylic acids is 1. The summed E-state index contributed by atoms with van der Waals surface area (Å²) in [6.45, 7) is 12.5. The first kappa shape index (κ1) is 67.6. The van der Waals surface area contributed by atoms with E-state index in [1.807, 2.05) is 6.92 Å². The van der Waals surface area contributed by atoms with E-state index in [1.54, 1.807) is 0 Å². The van der Waals surface area contributed by atoms with Crippen molar-refractivity contribution in [3.63, 3.8) is 0 Å². The standard InChI is InChI=1S/C59H94O28/c1-23-32(63)34(65)39(70)50(80-23)85-45-27(19-60)81-48(42(73)38(45)69)79-21-28-33(64)35(66)40(71)51(82-28)87-53(77)59-16-14-54(2,3)18-25(59)24-8-9-30-55(4)12-11-31(56(5,22-61)29(55)10-13-58(30,7)57(24,6)15-17-59)83-49-43(74)44(26(62)20-78-49)84-52-41(72)36(67)37(68)46(86-52)47(75)76/h8,23,25-46,48-52,60-74H,9-22H2,1-7H3,(H,75,76)/t23-,25-,26-,27+,28+,29+,30+,31-,32-,33+,34+,35-,36-,37-,38+,39+,40+,41+,42+,43+,44-,45+,46-,48+,49-,50-,51-,52+,55-,56-,57+,58+,59-/m0/s1. The van der Waals surface area contributed by atoms with Crippen LogP contribution in [0.2, 0.25) is 0 Å². The molecule has 16 N–H and O–H groups in total. The summed E-state index contributed by atoms with van der Waals surface area (Å²) in [5.41, 5.74) is -2.15. The van der Waals surface area contributed by atoms with E-state index < -0.39 is 202 Å². The third-order valence-electron chi connectivity index (χ3n) is 23.2. The summed E-state index contributed by atoms with van der Waals surface area (Å²) in [7, 11) is 0. The van der Waals surface area contributed by atoms with Crippen LogP contribution in [0.25, 0.3) is 0 Å². The van der Waals surface area contributed by atoms with Crippen LogP contribution in [-0.4, -0.2) is 274 Å². The molecule has 498 valence electrons. The molecule has 0 aromatic heterocycles. The zero-order chi connectivity index (χ0) is 63.6. The zero-order valence-electron chi connectivity index (χ0n) is 50.2. The van der Waals surface area contributed by atoms with E-state index >= 15 is 4.79 Å². The number of carboxylic acids is 1. The first-order valence-corrected chi connectivity index (χ1v) is 30.8. The first-order chi connectivity index (χ1) is 40.7. The molecular weight excluding hydrogens is 1160 g/mol. The third-order valence-corrected chi connectivity index (χ3v) is 23.2. The van der Waals surface area contributed by atoms with E-state index in [0.29, 0.717) is 57.8 Å². The van der Waals surface area contributed by atoms with Gasteiger partial charge in [0.15, 0.2) is 31.3 Å². The van der Waals surface area contributed by atoms with Crippen molar-refractivity contribution in [1.82, 2.24) is 0 Å². The fraction of sp³-hybridized carbons (Fsp3) is 0.932. The molecule has 0 aromatic rings. The number of ether oxygens (including phenoxy) is 10. The highest BCUT2D eigenvalue weighted by Gasteiger charge is 2.71. The molecule has 28 nitrogen and oxygen atoms in total. The molecule has 5 saturated heterocycles. The minimum absolute atomic E-state index is 0.0840. The Labute approximate surface area is 503 Å². The van der Waals surface area contributed by atoms with Crippen molar-refractivity contribution in [3.05, 3.63) is 11.6 Å². The van der Waals surface area contributed by atoms with E-state index in [2.05, 4.69) is 40.7 Å². The molecule has 0 amide bonds. The van der Waals surface area contributed by atoms with Crippen LogP contribution >= 0.6 is 0 Å². The number of rotatable bonds is 14. The Hall–Kier alpha value is -2.28. The lowest BCUT2D eigenvalue weighted by atomic mass is 9.33. The van der Waals surface area contributed by atoms with Gasteiger partial charge in [0, 0.05) is 5.41 Å². The topological polar surface area (TPSA) is 450 Å². The average molecular weight is 1250 g/mol. The Morgan fingerprint density at radius 2 is 1.20 bits per heavy atom. The molecule has 0 bridgehead atoms. The lowest BCUT2D eigenvalue weighted by molar-refractivity contribution is -0.361. The van der Waals surface area contributed by atoms with Crippen molar-refractivity contribution in [2.24, 2.45) is 50.2 Å². The van der Waals surface area contributed by atoms with Crippen molar-refractivity contribution in [1.29, 1.82) is 0 Å². The van der Waals surface area contributed by atoms with Crippen LogP contribution in [0, 0.1) is 50.2 Å². The molecule has 5 aliphatic heterocycles. The number of hydrogen-bond donors (Lipinski definition) is 16. The summed E-state index contributed by atoms with van der Waals surface area (Å²) in [4.78, 5) is 27.0. The summed E-state index contributed by atoms with van der Waals surface area (Å²) in [5.74, 6) is -2.62. The second-order valence-corrected chi connectivity index (χ2v) is 28.5. The monoisotopic (exact) mass is 1250 g/mol. The zero-order valence-corrected chi connectivity index (χ0v) is 50.2. The SMILES string of the molecule is C[C@@H]1O[C@@H](O[C@H]2[C@H](O)[C@@H](O)[C@H](OC[C@H]3O[C@@H](OC(=O)[C@]45CCC(C)(C)C[C@H]4C4=CC[C@@H]6[C@@]7(C)CC[C@H](O[C@@H]8OC[C@H](O)[C@H](O[C@@H]9O[C@H](C(=O)O)[C@@H](O)[C@H](O)[C@H]9O)[C@H]8O)[C@@](C)(CO)[C@@H]7CC[C@@]6(C)[C@]4(C)CC5)[C@H](O)[C@@H](O)[C@@H]3O)O[C@@H]2CO)[C@H](O)[C@H](O)[C@H]1O. The molecule has 0 unspecified atom stereocenters. The van der Waals surface area contributed by atoms with Gasteiger partial charge in [0.25, 0.3) is 0 Å². The van der Waals surface area contributed by atoms with Crippen LogP contribution in [0.5, 0.6) is 0 Å². The van der Waals surface area contributed by atoms with Gasteiger partial charge in [0.2, 0.25) is 6.29 Å². The molecule has 5 aliphatic carbocycles. The van der Waals surface area contributed by atoms with Crippen LogP contribution in [0.4, 0.5) is 0 Å². The summed E-state index contributed by atoms with van der Waals surface area (Å²) in [6.07, 6.45) is -33.4. The van der Waals surface area contributed by atoms with Crippen molar-refractivity contribution >= 4 is 11.9 Å². The number of carboxylic acid groups (broad SMARTS) is 1. The highest BCUT2D eigenvalue weighted by atomic mass is 16.8. The summed E-state index contributed by atoms with van der Waals surface area (Å²) in [6, 6.07) is 0. The molecule has 10 rings (SSSR count). The van der Waals surface area contributed by atoms with Gasteiger partial charge in [0.1, 0.15) is 104 Å². The van der Waals surface area contributed by atoms with Crippen molar-refractivity contribution < 1.29 is 139 Å². The van der Waals surface area contributed by atoms with Gasteiger partial charge < -0.3 is 129 Å². The normalized spacial score (nSPS) is 54.2. The lowest BCUT2D eigenvalue weighted by Gasteiger charge is -2.71. The summed E-state index contributed by atoms with van der Waals surface area (Å²) >= 11 is 0. The van der Waals surface area contributed by atoms with Gasteiger partial charge in [-0.3, -0.25) is 4.79 Å². The lowest BCUT2D eigenvalue weighted by Crippen LogP contribution is -2.67. The molecule has 10 aliphatic rings. The largest absolute Gasteiger partial charge is 0.479 e. The number of hydrogen-bond acceptors (Lipinski definition) is 27. The number of esters is 1. The highest BCUT2D eigenvalue weighted by molar-refractivity contribution is 5.79. The second kappa shape index (κ2) is 24.9. The Kier molecular flexibility index (Phi) is 19.3. The van der Waals surface area contributed by atoms with Crippen molar-refractivity contribution in [2.75, 3.05) is 26.4 Å². The summed E-state index contributed by atoms with van der Waals surface area (Å²) in [5, 5.41) is 172. The van der Waals surface area contributed by atoms with Crippen molar-refractivity contribution in [2.45, 2.75) is 266 Å². The maximum absolute atomic E-state index is 15.2. The first-order valence-electron chi connectivity index (χ1n) is 30.8.